The van der Waals surface area contributed by atoms with E-state index in [1.807, 2.05) is 24.3 Å². The van der Waals surface area contributed by atoms with Crippen LogP contribution < -0.4 is 0 Å². The maximum Gasteiger partial charge on any atom is 0.0711 e. The Morgan fingerprint density at radius 2 is 1.19 bits per heavy atom. The molecule has 11 rings (SSSR count). The van der Waals surface area contributed by atoms with Crippen LogP contribution in [0.2, 0.25) is 0 Å². The highest BCUT2D eigenvalue weighted by molar-refractivity contribution is 6.21. The van der Waals surface area contributed by atoms with Crippen molar-refractivity contribution in [2.24, 2.45) is 9.98 Å². The third kappa shape index (κ3) is 7.96. The Morgan fingerprint density at radius 3 is 1.86 bits per heavy atom. The van der Waals surface area contributed by atoms with E-state index in [9.17, 15) is 0 Å². The number of nitrogens with zero attached hydrogens (tertiary/aromatic N) is 3. The van der Waals surface area contributed by atoms with E-state index >= 15 is 0 Å². The number of benzene rings is 8. The molecular formula is C66H53N3. The van der Waals surface area contributed by atoms with Gasteiger partial charge < -0.3 is 4.57 Å². The van der Waals surface area contributed by atoms with Crippen molar-refractivity contribution >= 4 is 51.1 Å². The number of aliphatic imine (C=N–C) groups is 2. The van der Waals surface area contributed by atoms with E-state index in [4.69, 9.17) is 4.99 Å². The summed E-state index contributed by atoms with van der Waals surface area (Å²) in [5.74, 6) is 0. The Hall–Kier alpha value is -8.40. The van der Waals surface area contributed by atoms with Gasteiger partial charge in [0.1, 0.15) is 0 Å². The van der Waals surface area contributed by atoms with Crippen molar-refractivity contribution in [2.75, 3.05) is 0 Å². The van der Waals surface area contributed by atoms with Gasteiger partial charge in [0.15, 0.2) is 0 Å². The van der Waals surface area contributed by atoms with Gasteiger partial charge in [-0.25, -0.2) is 0 Å². The molecule has 332 valence electrons. The van der Waals surface area contributed by atoms with Crippen molar-refractivity contribution in [3.05, 3.63) is 263 Å². The fraction of sp³-hybridized carbons (Fsp3) is 0.0909. The molecular weight excluding hydrogens is 835 g/mol. The molecule has 0 N–H and O–H groups in total. The fourth-order valence-electron chi connectivity index (χ4n) is 10.6. The number of aryl methyl sites for hydroxylation is 1. The van der Waals surface area contributed by atoms with E-state index in [1.165, 1.54) is 83.1 Å². The molecule has 1 aromatic heterocycles. The van der Waals surface area contributed by atoms with Crippen molar-refractivity contribution in [2.45, 2.75) is 40.0 Å². The highest BCUT2D eigenvalue weighted by Gasteiger charge is 2.23. The number of para-hydroxylation sites is 1. The van der Waals surface area contributed by atoms with Crippen LogP contribution in [0.15, 0.2) is 234 Å². The second-order valence-electron chi connectivity index (χ2n) is 18.4. The second kappa shape index (κ2) is 18.0. The standard InChI is InChI=1S/C66H53N3/c1-42-28-29-49(38-58(42)65-43(2)18-16-25-56(65)45(4)67-6)50-30-32-53-37-54-33-31-51(40-60(54)59(53)39-50)52-34-35-63-61(41-52)66-57(26-17-27-64(66)69(63)55-23-14-9-15-24-55)46(5)68-62(48-21-12-8-13-22-48)36-44(3)47-19-10-7-11-20-47/h7-15,17-24,26-36,38-41H,3-4,6,16,25,37H2,1-2,5H3/b62-36-,68-46?. The molecule has 0 saturated carbocycles. The van der Waals surface area contributed by atoms with E-state index < -0.39 is 0 Å². The molecule has 9 aromatic rings. The van der Waals surface area contributed by atoms with Gasteiger partial charge in [0.2, 0.25) is 0 Å². The van der Waals surface area contributed by atoms with Crippen LogP contribution in [0.3, 0.4) is 0 Å². The number of rotatable bonds is 11. The molecule has 0 bridgehead atoms. The minimum Gasteiger partial charge on any atom is -0.309 e. The molecule has 0 spiro atoms. The molecule has 0 unspecified atom stereocenters. The van der Waals surface area contributed by atoms with Crippen molar-refractivity contribution < 1.29 is 0 Å². The zero-order valence-corrected chi connectivity index (χ0v) is 39.6. The Morgan fingerprint density at radius 1 is 0.594 bits per heavy atom. The predicted octanol–water partition coefficient (Wildman–Crippen LogP) is 17.3. The van der Waals surface area contributed by atoms with E-state index in [-0.39, 0.29) is 0 Å². The second-order valence-corrected chi connectivity index (χ2v) is 18.4. The van der Waals surface area contributed by atoms with Crippen LogP contribution in [0.4, 0.5) is 0 Å². The molecule has 0 aliphatic heterocycles. The first-order valence-corrected chi connectivity index (χ1v) is 23.9. The lowest BCUT2D eigenvalue weighted by Gasteiger charge is -2.22. The lowest BCUT2D eigenvalue weighted by Crippen LogP contribution is -2.02. The van der Waals surface area contributed by atoms with Gasteiger partial charge in [0.25, 0.3) is 0 Å². The maximum atomic E-state index is 5.43. The average Bonchev–Trinajstić information content (AvgIpc) is 3.93. The number of hydrogen-bond acceptors (Lipinski definition) is 2. The van der Waals surface area contributed by atoms with E-state index in [0.29, 0.717) is 0 Å². The van der Waals surface area contributed by atoms with Crippen molar-refractivity contribution in [1.82, 2.24) is 4.57 Å². The molecule has 0 amide bonds. The number of fused-ring (bicyclic) bond motifs is 6. The summed E-state index contributed by atoms with van der Waals surface area (Å²) in [6.45, 7) is 19.1. The molecule has 69 heavy (non-hydrogen) atoms. The zero-order valence-electron chi connectivity index (χ0n) is 39.6. The van der Waals surface area contributed by atoms with E-state index in [0.717, 1.165) is 75.4 Å². The summed E-state index contributed by atoms with van der Waals surface area (Å²) in [5, 5.41) is 2.36. The largest absolute Gasteiger partial charge is 0.309 e. The molecule has 1 heterocycles. The Labute approximate surface area is 405 Å². The highest BCUT2D eigenvalue weighted by atomic mass is 15.0. The Bertz CT molecular complexity index is 3690. The first-order chi connectivity index (χ1) is 33.7. The quantitative estimate of drug-likeness (QED) is 0.0915. The smallest absolute Gasteiger partial charge is 0.0711 e. The third-order valence-electron chi connectivity index (χ3n) is 14.2. The SMILES string of the molecule is C=NC(=C)C1=C(c2cc(-c3ccc4c(c3)-c3cc(-c5ccc6c(c5)c5c(C(C)=N/C(=C\C(=C)c7ccccc7)c7ccccc7)cccc5n6-c5ccccc5)ccc3C4)ccc2C)C(C)=CCC1. The zero-order chi connectivity index (χ0) is 47.2. The van der Waals surface area contributed by atoms with Gasteiger partial charge in [0, 0.05) is 33.3 Å². The van der Waals surface area contributed by atoms with Crippen LogP contribution in [-0.2, 0) is 6.42 Å². The Balaban J connectivity index is 1.02. The Kier molecular flexibility index (Phi) is 11.3. The number of hydrogen-bond donors (Lipinski definition) is 0. The maximum absolute atomic E-state index is 5.43. The molecule has 2 aliphatic rings. The minimum atomic E-state index is 0.768. The summed E-state index contributed by atoms with van der Waals surface area (Å²) in [6, 6.07) is 66.0. The van der Waals surface area contributed by atoms with Gasteiger partial charge in [-0.3, -0.25) is 9.98 Å². The van der Waals surface area contributed by atoms with E-state index in [1.54, 1.807) is 0 Å². The van der Waals surface area contributed by atoms with Crippen LogP contribution >= 0.6 is 0 Å². The average molecular weight is 888 g/mol. The monoisotopic (exact) mass is 887 g/mol. The molecule has 3 heteroatoms. The van der Waals surface area contributed by atoms with E-state index in [2.05, 4.69) is 220 Å². The van der Waals surface area contributed by atoms with Gasteiger partial charge in [-0.05, 0) is 185 Å². The summed E-state index contributed by atoms with van der Waals surface area (Å²) in [6.07, 6.45) is 7.28. The lowest BCUT2D eigenvalue weighted by molar-refractivity contribution is 0.956. The topological polar surface area (TPSA) is 29.6 Å². The van der Waals surface area contributed by atoms with Gasteiger partial charge in [-0.1, -0.05) is 153 Å². The fourth-order valence-corrected chi connectivity index (χ4v) is 10.6. The molecule has 8 aromatic carbocycles. The summed E-state index contributed by atoms with van der Waals surface area (Å²) >= 11 is 0. The third-order valence-corrected chi connectivity index (χ3v) is 14.2. The molecule has 0 saturated heterocycles. The van der Waals surface area contributed by atoms with Gasteiger partial charge >= 0.3 is 0 Å². The van der Waals surface area contributed by atoms with Crippen LogP contribution in [0.1, 0.15) is 65.6 Å². The molecule has 0 atom stereocenters. The number of aromatic nitrogens is 1. The molecule has 2 aliphatic carbocycles. The van der Waals surface area contributed by atoms with Crippen LogP contribution in [-0.4, -0.2) is 17.0 Å². The normalized spacial score (nSPS) is 13.6. The molecule has 3 nitrogen and oxygen atoms in total. The summed E-state index contributed by atoms with van der Waals surface area (Å²) in [4.78, 5) is 9.70. The minimum absolute atomic E-state index is 0.768. The first kappa shape index (κ1) is 43.2. The highest BCUT2D eigenvalue weighted by Crippen LogP contribution is 2.44. The molecule has 0 fully saturated rings. The van der Waals surface area contributed by atoms with Crippen LogP contribution in [0.25, 0.3) is 77.7 Å². The van der Waals surface area contributed by atoms with Crippen molar-refractivity contribution in [3.8, 4) is 39.1 Å². The van der Waals surface area contributed by atoms with Gasteiger partial charge in [-0.15, -0.1) is 0 Å². The first-order valence-electron chi connectivity index (χ1n) is 23.9. The summed E-state index contributed by atoms with van der Waals surface area (Å²) < 4.78 is 2.39. The van der Waals surface area contributed by atoms with Crippen molar-refractivity contribution in [1.29, 1.82) is 0 Å². The van der Waals surface area contributed by atoms with Gasteiger partial charge in [0.05, 0.1) is 22.4 Å². The van der Waals surface area contributed by atoms with Crippen LogP contribution in [0, 0.1) is 6.92 Å². The summed E-state index contributed by atoms with van der Waals surface area (Å²) in [5.41, 5.74) is 26.4. The van der Waals surface area contributed by atoms with Gasteiger partial charge in [-0.2, -0.15) is 0 Å². The van der Waals surface area contributed by atoms with Crippen molar-refractivity contribution in [3.63, 3.8) is 0 Å². The predicted molar refractivity (Wildman–Crippen MR) is 295 cm³/mol. The molecule has 0 radical (unpaired) electrons. The van der Waals surface area contributed by atoms with Crippen LogP contribution in [0.5, 0.6) is 0 Å². The summed E-state index contributed by atoms with van der Waals surface area (Å²) in [7, 11) is 0. The lowest BCUT2D eigenvalue weighted by atomic mass is 9.83. The number of allylic oxidation sites excluding steroid dienone is 6.